The van der Waals surface area contributed by atoms with E-state index in [0.29, 0.717) is 30.8 Å². The van der Waals surface area contributed by atoms with Crippen molar-refractivity contribution < 1.29 is 14.3 Å². The van der Waals surface area contributed by atoms with Crippen molar-refractivity contribution in [2.24, 2.45) is 5.92 Å². The minimum absolute atomic E-state index is 0.00644. The first kappa shape index (κ1) is 16.6. The maximum Gasteiger partial charge on any atom is 0.251 e. The second-order valence-electron chi connectivity index (χ2n) is 6.17. The van der Waals surface area contributed by atoms with Crippen molar-refractivity contribution in [2.75, 3.05) is 19.7 Å². The van der Waals surface area contributed by atoms with Crippen molar-refractivity contribution in [3.8, 4) is 0 Å². The van der Waals surface area contributed by atoms with E-state index in [4.69, 9.17) is 0 Å². The van der Waals surface area contributed by atoms with Gasteiger partial charge in [-0.15, -0.1) is 0 Å². The van der Waals surface area contributed by atoms with E-state index in [0.717, 1.165) is 0 Å². The summed E-state index contributed by atoms with van der Waals surface area (Å²) in [7, 11) is 0. The third-order valence-corrected chi connectivity index (χ3v) is 4.46. The van der Waals surface area contributed by atoms with Crippen LogP contribution in [0.3, 0.4) is 0 Å². The number of likely N-dealkylation sites (tertiary alicyclic amines) is 1. The molecule has 1 amide bonds. The summed E-state index contributed by atoms with van der Waals surface area (Å²) in [6, 6.07) is 15.6. The highest BCUT2D eigenvalue weighted by Gasteiger charge is 2.33. The molecule has 2 aromatic carbocycles. The fourth-order valence-corrected chi connectivity index (χ4v) is 3.15. The molecule has 0 aromatic heterocycles. The molecule has 0 aliphatic carbocycles. The van der Waals surface area contributed by atoms with E-state index in [1.54, 1.807) is 24.3 Å². The Morgan fingerprint density at radius 3 is 2.54 bits per heavy atom. The Morgan fingerprint density at radius 2 is 1.83 bits per heavy atom. The molecule has 0 radical (unpaired) electrons. The van der Waals surface area contributed by atoms with Gasteiger partial charge in [-0.05, 0) is 18.2 Å². The number of aliphatic hydroxyl groups is 1. The molecule has 1 saturated heterocycles. The summed E-state index contributed by atoms with van der Waals surface area (Å²) in [5.41, 5.74) is 1.23. The van der Waals surface area contributed by atoms with Gasteiger partial charge in [0, 0.05) is 49.3 Å². The molecular formula is C19H21FN2O2. The Bertz CT molecular complexity index is 693. The minimum atomic E-state index is -0.227. The van der Waals surface area contributed by atoms with Crippen LogP contribution >= 0.6 is 0 Å². The van der Waals surface area contributed by atoms with Crippen molar-refractivity contribution in [2.45, 2.75) is 12.6 Å². The van der Waals surface area contributed by atoms with Gasteiger partial charge in [0.15, 0.2) is 0 Å². The Hall–Kier alpha value is -2.24. The fraction of sp³-hybridized carbons (Fsp3) is 0.316. The molecule has 1 aliphatic rings. The summed E-state index contributed by atoms with van der Waals surface area (Å²) in [5.74, 6) is -0.425. The summed E-state index contributed by atoms with van der Waals surface area (Å²) >= 11 is 0. The number of amides is 1. The fourth-order valence-electron chi connectivity index (χ4n) is 3.15. The number of hydrogen-bond acceptors (Lipinski definition) is 3. The zero-order valence-corrected chi connectivity index (χ0v) is 13.4. The van der Waals surface area contributed by atoms with Gasteiger partial charge in [0.2, 0.25) is 0 Å². The SMILES string of the molecule is O=C(N[C@@H]1CN(Cc2ccccc2F)C[C@H]1CO)c1ccccc1. The van der Waals surface area contributed by atoms with Gasteiger partial charge in [-0.2, -0.15) is 0 Å². The van der Waals surface area contributed by atoms with Crippen LogP contribution in [0.15, 0.2) is 54.6 Å². The minimum Gasteiger partial charge on any atom is -0.396 e. The molecule has 0 bridgehead atoms. The summed E-state index contributed by atoms with van der Waals surface area (Å²) in [6.07, 6.45) is 0. The number of rotatable bonds is 5. The molecule has 2 N–H and O–H groups in total. The highest BCUT2D eigenvalue weighted by atomic mass is 19.1. The topological polar surface area (TPSA) is 52.6 Å². The predicted octanol–water partition coefficient (Wildman–Crippen LogP) is 2.05. The average Bonchev–Trinajstić information content (AvgIpc) is 2.99. The molecule has 1 heterocycles. The molecule has 0 saturated carbocycles. The molecule has 126 valence electrons. The van der Waals surface area contributed by atoms with E-state index < -0.39 is 0 Å². The van der Waals surface area contributed by atoms with Crippen molar-refractivity contribution in [1.29, 1.82) is 0 Å². The molecule has 5 heteroatoms. The number of halogens is 1. The van der Waals surface area contributed by atoms with E-state index in [9.17, 15) is 14.3 Å². The highest BCUT2D eigenvalue weighted by Crippen LogP contribution is 2.20. The van der Waals surface area contributed by atoms with Gasteiger partial charge in [0.05, 0.1) is 0 Å². The molecule has 0 spiro atoms. The third-order valence-electron chi connectivity index (χ3n) is 4.46. The Balaban J connectivity index is 1.64. The van der Waals surface area contributed by atoms with Gasteiger partial charge < -0.3 is 10.4 Å². The second-order valence-corrected chi connectivity index (χ2v) is 6.17. The third kappa shape index (κ3) is 3.80. The predicted molar refractivity (Wildman–Crippen MR) is 89.9 cm³/mol. The maximum absolute atomic E-state index is 13.8. The molecule has 2 atom stereocenters. The summed E-state index contributed by atoms with van der Waals surface area (Å²) in [4.78, 5) is 14.4. The van der Waals surface area contributed by atoms with Gasteiger partial charge >= 0.3 is 0 Å². The molecule has 1 aliphatic heterocycles. The zero-order valence-electron chi connectivity index (χ0n) is 13.4. The van der Waals surface area contributed by atoms with Crippen LogP contribution in [0.2, 0.25) is 0 Å². The van der Waals surface area contributed by atoms with Crippen molar-refractivity contribution in [1.82, 2.24) is 10.2 Å². The van der Waals surface area contributed by atoms with E-state index in [1.165, 1.54) is 6.07 Å². The van der Waals surface area contributed by atoms with Crippen LogP contribution < -0.4 is 5.32 Å². The lowest BCUT2D eigenvalue weighted by Crippen LogP contribution is -2.41. The van der Waals surface area contributed by atoms with Gasteiger partial charge in [0.25, 0.3) is 5.91 Å². The van der Waals surface area contributed by atoms with Gasteiger partial charge in [-0.25, -0.2) is 4.39 Å². The Morgan fingerprint density at radius 1 is 1.12 bits per heavy atom. The maximum atomic E-state index is 13.8. The van der Waals surface area contributed by atoms with Gasteiger partial charge in [-0.3, -0.25) is 9.69 Å². The molecular weight excluding hydrogens is 307 g/mol. The van der Waals surface area contributed by atoms with Crippen LogP contribution in [0.5, 0.6) is 0 Å². The largest absolute Gasteiger partial charge is 0.396 e. The van der Waals surface area contributed by atoms with Gasteiger partial charge in [0.1, 0.15) is 5.82 Å². The monoisotopic (exact) mass is 328 g/mol. The van der Waals surface area contributed by atoms with Crippen LogP contribution in [0, 0.1) is 11.7 Å². The van der Waals surface area contributed by atoms with Gasteiger partial charge in [-0.1, -0.05) is 36.4 Å². The second kappa shape index (κ2) is 7.55. The van der Waals surface area contributed by atoms with Crippen LogP contribution in [-0.4, -0.2) is 41.7 Å². The van der Waals surface area contributed by atoms with E-state index >= 15 is 0 Å². The van der Waals surface area contributed by atoms with Crippen LogP contribution in [0.25, 0.3) is 0 Å². The zero-order chi connectivity index (χ0) is 16.9. The first-order valence-electron chi connectivity index (χ1n) is 8.10. The standard InChI is InChI=1S/C19H21FN2O2/c20-17-9-5-4-8-15(17)10-22-11-16(13-23)18(12-22)21-19(24)14-6-2-1-3-7-14/h1-9,16,18,23H,10-13H2,(H,21,24)/t16-,18+/m0/s1. The number of carbonyl (C=O) groups is 1. The molecule has 3 rings (SSSR count). The average molecular weight is 328 g/mol. The molecule has 0 unspecified atom stereocenters. The molecule has 4 nitrogen and oxygen atoms in total. The number of aliphatic hydroxyl groups excluding tert-OH is 1. The molecule has 2 aromatic rings. The van der Waals surface area contributed by atoms with Crippen molar-refractivity contribution in [3.05, 3.63) is 71.5 Å². The van der Waals surface area contributed by atoms with Crippen LogP contribution in [-0.2, 0) is 6.54 Å². The Kier molecular flexibility index (Phi) is 5.23. The lowest BCUT2D eigenvalue weighted by atomic mass is 10.0. The molecule has 24 heavy (non-hydrogen) atoms. The van der Waals surface area contributed by atoms with Crippen LogP contribution in [0.1, 0.15) is 15.9 Å². The van der Waals surface area contributed by atoms with E-state index in [2.05, 4.69) is 10.2 Å². The normalized spacial score (nSPS) is 20.9. The number of nitrogens with zero attached hydrogens (tertiary/aromatic N) is 1. The summed E-state index contributed by atoms with van der Waals surface area (Å²) < 4.78 is 13.8. The summed E-state index contributed by atoms with van der Waals surface area (Å²) in [6.45, 7) is 1.69. The summed E-state index contributed by atoms with van der Waals surface area (Å²) in [5, 5.41) is 12.6. The number of carbonyl (C=O) groups excluding carboxylic acids is 1. The number of benzene rings is 2. The van der Waals surface area contributed by atoms with Crippen LogP contribution in [0.4, 0.5) is 4.39 Å². The number of hydrogen-bond donors (Lipinski definition) is 2. The van der Waals surface area contributed by atoms with Crippen molar-refractivity contribution in [3.63, 3.8) is 0 Å². The molecule has 1 fully saturated rings. The quantitative estimate of drug-likeness (QED) is 0.883. The lowest BCUT2D eigenvalue weighted by Gasteiger charge is -2.18. The lowest BCUT2D eigenvalue weighted by molar-refractivity contribution is 0.0921. The van der Waals surface area contributed by atoms with E-state index in [-0.39, 0.29) is 30.3 Å². The first-order chi connectivity index (χ1) is 11.7. The highest BCUT2D eigenvalue weighted by molar-refractivity contribution is 5.94. The van der Waals surface area contributed by atoms with E-state index in [1.807, 2.05) is 24.3 Å². The smallest absolute Gasteiger partial charge is 0.251 e. The first-order valence-corrected chi connectivity index (χ1v) is 8.10. The van der Waals surface area contributed by atoms with Crippen molar-refractivity contribution >= 4 is 5.91 Å². The number of nitrogens with one attached hydrogen (secondary N) is 1. The Labute approximate surface area is 140 Å².